The maximum atomic E-state index is 14.9. The van der Waals surface area contributed by atoms with E-state index in [9.17, 15) is 24.0 Å². The molecule has 0 saturated carbocycles. The summed E-state index contributed by atoms with van der Waals surface area (Å²) >= 11 is 2.13. The number of nitrogens with zero attached hydrogens (tertiary/aromatic N) is 6. The lowest BCUT2D eigenvalue weighted by Crippen LogP contribution is -2.62. The summed E-state index contributed by atoms with van der Waals surface area (Å²) in [5.74, 6) is 3.22. The minimum atomic E-state index is -1.07. The maximum absolute atomic E-state index is 14.9. The number of cyclic esters (lactones) is 1. The third-order valence-electron chi connectivity index (χ3n) is 15.3. The molecule has 6 atom stereocenters. The van der Waals surface area contributed by atoms with Gasteiger partial charge < -0.3 is 29.2 Å². The first-order valence-corrected chi connectivity index (χ1v) is 25.9. The molecule has 5 heterocycles. The molecule has 3 aliphatic heterocycles. The largest absolute Gasteiger partial charge is 0.464 e. The summed E-state index contributed by atoms with van der Waals surface area (Å²) in [5, 5.41) is 5.60. The number of ether oxygens (including phenoxy) is 2. The van der Waals surface area contributed by atoms with Gasteiger partial charge in [0.1, 0.15) is 27.7 Å². The van der Waals surface area contributed by atoms with Crippen LogP contribution in [0.5, 0.6) is 0 Å². The van der Waals surface area contributed by atoms with Gasteiger partial charge in [0.25, 0.3) is 11.8 Å². The van der Waals surface area contributed by atoms with Crippen molar-refractivity contribution in [2.24, 2.45) is 11.3 Å². The molecule has 1 unspecified atom stereocenters. The normalized spacial score (nSPS) is 23.6. The highest BCUT2D eigenvalue weighted by Crippen LogP contribution is 2.57. The number of likely N-dealkylation sites (N-methyl/N-ethyl adjacent to an activating group) is 1. The third-order valence-corrected chi connectivity index (χ3v) is 16.6. The molecule has 378 valence electrons. The molecule has 2 fully saturated rings. The van der Waals surface area contributed by atoms with Gasteiger partial charge in [0, 0.05) is 80.8 Å². The molecule has 0 spiro atoms. The van der Waals surface area contributed by atoms with Gasteiger partial charge in [-0.05, 0) is 112 Å². The Hall–Kier alpha value is -5.35. The summed E-state index contributed by atoms with van der Waals surface area (Å²) in [6, 6.07) is 15.8. The summed E-state index contributed by atoms with van der Waals surface area (Å²) in [5.41, 5.74) is 9.87. The molecule has 1 aliphatic carbocycles. The van der Waals surface area contributed by atoms with Crippen LogP contribution in [0.3, 0.4) is 0 Å². The van der Waals surface area contributed by atoms with Gasteiger partial charge in [0.15, 0.2) is 0 Å². The molecule has 2 saturated heterocycles. The molecule has 71 heavy (non-hydrogen) atoms. The van der Waals surface area contributed by atoms with E-state index in [0.29, 0.717) is 38.9 Å². The Labute approximate surface area is 431 Å². The fourth-order valence-corrected chi connectivity index (χ4v) is 11.9. The van der Waals surface area contributed by atoms with Crippen molar-refractivity contribution in [1.82, 2.24) is 40.0 Å². The fourth-order valence-electron chi connectivity index (χ4n) is 10.9. The van der Waals surface area contributed by atoms with Crippen LogP contribution in [0.25, 0.3) is 33.3 Å². The molecule has 0 radical (unpaired) electrons. The van der Waals surface area contributed by atoms with E-state index < -0.39 is 56.4 Å². The predicted molar refractivity (Wildman–Crippen MR) is 282 cm³/mol. The monoisotopic (exact) mass is 1080 g/mol. The van der Waals surface area contributed by atoms with Gasteiger partial charge in [-0.2, -0.15) is 0 Å². The van der Waals surface area contributed by atoms with Crippen molar-refractivity contribution in [2.45, 2.75) is 120 Å². The zero-order chi connectivity index (χ0) is 51.3. The lowest BCUT2D eigenvalue weighted by molar-refractivity contribution is -0.156. The predicted octanol–water partition coefficient (Wildman–Crippen LogP) is 6.51. The highest BCUT2D eigenvalue weighted by atomic mass is 127. The number of rotatable bonds is 8. The zero-order valence-corrected chi connectivity index (χ0v) is 45.2. The summed E-state index contributed by atoms with van der Waals surface area (Å²) < 4.78 is 14.0. The van der Waals surface area contributed by atoms with Crippen LogP contribution < -0.4 is 10.7 Å². The van der Waals surface area contributed by atoms with Gasteiger partial charge in [-0.15, -0.1) is 0 Å². The van der Waals surface area contributed by atoms with Crippen molar-refractivity contribution >= 4 is 63.1 Å². The number of methoxy groups -OCH3 is 1. The molecule has 2 aromatic heterocycles. The minimum Gasteiger partial charge on any atom is -0.464 e. The van der Waals surface area contributed by atoms with Crippen molar-refractivity contribution < 1.29 is 33.4 Å². The lowest BCUT2D eigenvalue weighted by Gasteiger charge is -2.42. The first-order valence-electron chi connectivity index (χ1n) is 24.8. The zero-order valence-electron chi connectivity index (χ0n) is 43.0. The molecule has 4 aliphatic rings. The average Bonchev–Trinajstić information content (AvgIpc) is 3.91. The number of carbonyl (C=O) groups is 5. The van der Waals surface area contributed by atoms with E-state index in [2.05, 4.69) is 107 Å². The SMILES string of the molecule is CCn1c2c3c4cc(ccc41)-c1cccc(c1)C[C@H](NC(=O)[C@H](C(C)C)N(C)C(=O)[C@@]1(I)CCN(C(=O)C#CC(C)(C)N(C)C)C1)C(=O)N1CCC[C@H](N1)C(=O)OCC(C)(C)C3[C@H](OC)c1ncccc1-2. The van der Waals surface area contributed by atoms with Crippen LogP contribution in [0.4, 0.5) is 0 Å². The number of pyridine rings is 1. The Bertz CT molecular complexity index is 2810. The van der Waals surface area contributed by atoms with Crippen LogP contribution in [0.1, 0.15) is 96.6 Å². The number of hydrazine groups is 1. The second-order valence-electron chi connectivity index (χ2n) is 21.4. The Balaban J connectivity index is 1.14. The fraction of sp³-hybridized carbons (Fsp3) is 0.527. The third kappa shape index (κ3) is 9.96. The molecular formula is C55H69IN8O7. The molecule has 4 aromatic rings. The Morgan fingerprint density at radius 1 is 1.06 bits per heavy atom. The summed E-state index contributed by atoms with van der Waals surface area (Å²) in [6.07, 6.45) is 2.87. The molecule has 2 aromatic carbocycles. The second kappa shape index (κ2) is 20.3. The van der Waals surface area contributed by atoms with Crippen LogP contribution in [-0.4, -0.2) is 140 Å². The second-order valence-corrected chi connectivity index (χ2v) is 23.5. The highest BCUT2D eigenvalue weighted by Gasteiger charge is 2.49. The van der Waals surface area contributed by atoms with Gasteiger partial charge in [0.2, 0.25) is 11.8 Å². The van der Waals surface area contributed by atoms with E-state index in [4.69, 9.17) is 14.5 Å². The van der Waals surface area contributed by atoms with Crippen LogP contribution in [0, 0.1) is 23.2 Å². The highest BCUT2D eigenvalue weighted by molar-refractivity contribution is 14.1. The number of amides is 4. The van der Waals surface area contributed by atoms with Gasteiger partial charge in [-0.25, -0.2) is 5.43 Å². The molecular weight excluding hydrogens is 1010 g/mol. The van der Waals surface area contributed by atoms with Crippen LogP contribution in [0.15, 0.2) is 60.8 Å². The van der Waals surface area contributed by atoms with Crippen LogP contribution in [0.2, 0.25) is 0 Å². The van der Waals surface area contributed by atoms with Gasteiger partial charge >= 0.3 is 5.97 Å². The number of carbonyl (C=O) groups excluding carboxylic acids is 5. The first-order chi connectivity index (χ1) is 33.6. The number of aromatic nitrogens is 2. The minimum absolute atomic E-state index is 0.0716. The average molecular weight is 1080 g/mol. The van der Waals surface area contributed by atoms with Crippen molar-refractivity contribution in [3.63, 3.8) is 0 Å². The van der Waals surface area contributed by atoms with Crippen molar-refractivity contribution in [3.8, 4) is 34.2 Å². The number of hydrogen-bond donors (Lipinski definition) is 2. The smallest absolute Gasteiger partial charge is 0.324 e. The van der Waals surface area contributed by atoms with Crippen LogP contribution >= 0.6 is 22.6 Å². The van der Waals surface area contributed by atoms with E-state index in [1.165, 1.54) is 9.91 Å². The number of aryl methyl sites for hydroxylation is 1. The number of fused-ring (bicyclic) bond motifs is 8. The van der Waals surface area contributed by atoms with E-state index in [0.717, 1.165) is 50.1 Å². The number of benzene rings is 2. The number of likely N-dealkylation sites (tertiary alicyclic amines) is 1. The van der Waals surface area contributed by atoms with Crippen molar-refractivity contribution in [1.29, 1.82) is 0 Å². The molecule has 15 nitrogen and oxygen atoms in total. The maximum Gasteiger partial charge on any atom is 0.324 e. The van der Waals surface area contributed by atoms with E-state index in [1.807, 2.05) is 64.9 Å². The Morgan fingerprint density at radius 3 is 2.51 bits per heavy atom. The summed E-state index contributed by atoms with van der Waals surface area (Å²) in [6.45, 7) is 15.6. The van der Waals surface area contributed by atoms with Gasteiger partial charge in [-0.1, -0.05) is 86.5 Å². The van der Waals surface area contributed by atoms with E-state index in [1.54, 1.807) is 25.3 Å². The Kier molecular flexibility index (Phi) is 14.8. The number of esters is 1. The van der Waals surface area contributed by atoms with Crippen molar-refractivity contribution in [3.05, 3.63) is 77.6 Å². The summed E-state index contributed by atoms with van der Waals surface area (Å²) in [7, 11) is 7.13. The van der Waals surface area contributed by atoms with Gasteiger partial charge in [0.05, 0.1) is 23.5 Å². The van der Waals surface area contributed by atoms with E-state index in [-0.39, 0.29) is 43.2 Å². The van der Waals surface area contributed by atoms with E-state index >= 15 is 0 Å². The quantitative estimate of drug-likeness (QED) is 0.0863. The molecule has 6 bridgehead atoms. The first kappa shape index (κ1) is 52.0. The number of alkyl halides is 1. The molecule has 2 N–H and O–H groups in total. The number of nitrogens with one attached hydrogen (secondary N) is 2. The molecule has 16 heteroatoms. The topological polar surface area (TPSA) is 159 Å². The number of halogens is 1. The standard InChI is InChI=1S/C55H69IN8O7/c1-12-63-41-21-20-36-30-38(41)43-44(48(70-11)45-37(47(43)63)18-14-25-57-45)53(4,5)32-71-51(68)39-19-15-26-64(59-39)50(67)40(29-34-16-13-17-35(36)28-34)58-49(66)46(33(2)3)61(10)52(69)55(56)24-27-62(31-55)42(65)22-23-54(6,7)60(8)9/h13-14,16-18,20-21,25,28,30,33,39-40,44,46,48,59H,12,15,19,24,26-27,29,31-32H2,1-11H3,(H,58,66)/t39-,40-,44?,46-,48-,55+/m0/s1. The van der Waals surface area contributed by atoms with Crippen LogP contribution in [-0.2, 0) is 46.4 Å². The Morgan fingerprint density at radius 2 is 1.80 bits per heavy atom. The lowest BCUT2D eigenvalue weighted by atomic mass is 9.67. The van der Waals surface area contributed by atoms with Gasteiger partial charge in [-0.3, -0.25) is 38.9 Å². The van der Waals surface area contributed by atoms with Crippen molar-refractivity contribution in [2.75, 3.05) is 54.5 Å². The molecule has 8 rings (SSSR count). The number of hydrogen-bond acceptors (Lipinski definition) is 10. The molecule has 4 amide bonds. The summed E-state index contributed by atoms with van der Waals surface area (Å²) in [4.78, 5) is 81.5.